The van der Waals surface area contributed by atoms with Crippen molar-refractivity contribution in [2.75, 3.05) is 5.32 Å². The van der Waals surface area contributed by atoms with Gasteiger partial charge in [-0.25, -0.2) is 4.98 Å². The molecule has 0 spiro atoms. The summed E-state index contributed by atoms with van der Waals surface area (Å²) in [6, 6.07) is 11.0. The first kappa shape index (κ1) is 16.1. The maximum atomic E-state index is 11.6. The molecule has 1 aromatic carbocycles. The van der Waals surface area contributed by atoms with Crippen molar-refractivity contribution in [2.24, 2.45) is 5.92 Å². The number of benzene rings is 1. The van der Waals surface area contributed by atoms with Crippen molar-refractivity contribution >= 4 is 40.2 Å². The van der Waals surface area contributed by atoms with E-state index in [1.165, 1.54) is 0 Å². The lowest BCUT2D eigenvalue weighted by Gasteiger charge is -2.11. The lowest BCUT2D eigenvalue weighted by Crippen LogP contribution is -2.36. The molecule has 0 saturated carbocycles. The van der Waals surface area contributed by atoms with Gasteiger partial charge in [-0.05, 0) is 48.6 Å². The van der Waals surface area contributed by atoms with E-state index in [2.05, 4.69) is 20.6 Å². The Bertz CT molecular complexity index is 854. The first-order valence-corrected chi connectivity index (χ1v) is 7.87. The van der Waals surface area contributed by atoms with Crippen molar-refractivity contribution in [3.8, 4) is 11.5 Å². The molecular formula is C17H16N4O2S. The number of carbonyl (C=O) groups excluding carboxylic acids is 1. The van der Waals surface area contributed by atoms with Crippen LogP contribution < -0.4 is 10.6 Å². The van der Waals surface area contributed by atoms with E-state index >= 15 is 0 Å². The zero-order valence-electron chi connectivity index (χ0n) is 13.2. The van der Waals surface area contributed by atoms with E-state index < -0.39 is 0 Å². The van der Waals surface area contributed by atoms with Crippen LogP contribution in [0.3, 0.4) is 0 Å². The fourth-order valence-electron chi connectivity index (χ4n) is 2.01. The van der Waals surface area contributed by atoms with E-state index in [1.54, 1.807) is 12.3 Å². The molecular weight excluding hydrogens is 324 g/mol. The number of hydrogen-bond acceptors (Lipinski definition) is 5. The van der Waals surface area contributed by atoms with Crippen LogP contribution in [0.2, 0.25) is 0 Å². The molecule has 7 heteroatoms. The minimum Gasteiger partial charge on any atom is -0.434 e. The summed E-state index contributed by atoms with van der Waals surface area (Å²) in [5.74, 6) is 0.258. The number of rotatable bonds is 3. The number of carbonyl (C=O) groups is 1. The van der Waals surface area contributed by atoms with Gasteiger partial charge in [0.05, 0.1) is 0 Å². The number of anilines is 1. The smallest absolute Gasteiger partial charge is 0.228 e. The quantitative estimate of drug-likeness (QED) is 0.712. The Morgan fingerprint density at radius 2 is 1.96 bits per heavy atom. The van der Waals surface area contributed by atoms with Gasteiger partial charge in [0.1, 0.15) is 0 Å². The average Bonchev–Trinajstić information content (AvgIpc) is 2.99. The summed E-state index contributed by atoms with van der Waals surface area (Å²) < 4.78 is 5.68. The third kappa shape index (κ3) is 3.57. The van der Waals surface area contributed by atoms with E-state index in [0.717, 1.165) is 11.3 Å². The molecule has 0 fully saturated rings. The summed E-state index contributed by atoms with van der Waals surface area (Å²) in [5, 5.41) is 5.87. The number of hydrogen-bond donors (Lipinski definition) is 2. The molecule has 0 aliphatic carbocycles. The second-order valence-electron chi connectivity index (χ2n) is 5.52. The van der Waals surface area contributed by atoms with Crippen LogP contribution in [0.5, 0.6) is 0 Å². The van der Waals surface area contributed by atoms with Crippen molar-refractivity contribution in [3.63, 3.8) is 0 Å². The second-order valence-corrected chi connectivity index (χ2v) is 5.93. The van der Waals surface area contributed by atoms with Crippen molar-refractivity contribution in [1.82, 2.24) is 15.3 Å². The molecule has 2 aromatic heterocycles. The van der Waals surface area contributed by atoms with E-state index in [9.17, 15) is 4.79 Å². The van der Waals surface area contributed by atoms with Crippen LogP contribution in [0.25, 0.3) is 22.7 Å². The van der Waals surface area contributed by atoms with Crippen molar-refractivity contribution < 1.29 is 9.21 Å². The molecule has 0 saturated heterocycles. The van der Waals surface area contributed by atoms with Crippen molar-refractivity contribution in [3.05, 3.63) is 42.6 Å². The SMILES string of the molecule is CC(C)C(=O)NC(=S)Nc1ccc(-c2nc3ncccc3o2)cc1. The van der Waals surface area contributed by atoms with Crippen LogP contribution in [0.4, 0.5) is 5.69 Å². The topological polar surface area (TPSA) is 80.0 Å². The summed E-state index contributed by atoms with van der Waals surface area (Å²) >= 11 is 5.12. The average molecular weight is 340 g/mol. The zero-order chi connectivity index (χ0) is 17.1. The predicted octanol–water partition coefficient (Wildman–Crippen LogP) is 3.36. The van der Waals surface area contributed by atoms with Gasteiger partial charge >= 0.3 is 0 Å². The van der Waals surface area contributed by atoms with Crippen molar-refractivity contribution in [1.29, 1.82) is 0 Å². The molecule has 24 heavy (non-hydrogen) atoms. The zero-order valence-corrected chi connectivity index (χ0v) is 14.1. The van der Waals surface area contributed by atoms with Gasteiger partial charge in [-0.1, -0.05) is 13.8 Å². The molecule has 0 atom stereocenters. The van der Waals surface area contributed by atoms with Crippen LogP contribution in [0, 0.1) is 5.92 Å². The molecule has 0 aliphatic rings. The number of nitrogens with one attached hydrogen (secondary N) is 2. The van der Waals surface area contributed by atoms with Gasteiger partial charge in [-0.15, -0.1) is 0 Å². The number of amides is 1. The van der Waals surface area contributed by atoms with Gasteiger partial charge in [0.25, 0.3) is 0 Å². The van der Waals surface area contributed by atoms with Gasteiger partial charge in [-0.2, -0.15) is 4.98 Å². The first-order valence-electron chi connectivity index (χ1n) is 7.47. The predicted molar refractivity (Wildman–Crippen MR) is 96.4 cm³/mol. The van der Waals surface area contributed by atoms with Gasteiger partial charge in [0.2, 0.25) is 11.8 Å². The molecule has 6 nitrogen and oxygen atoms in total. The third-order valence-corrected chi connectivity index (χ3v) is 3.52. The van der Waals surface area contributed by atoms with Crippen LogP contribution in [-0.2, 0) is 4.79 Å². The molecule has 3 aromatic rings. The van der Waals surface area contributed by atoms with Crippen molar-refractivity contribution in [2.45, 2.75) is 13.8 Å². The van der Waals surface area contributed by atoms with Gasteiger partial charge in [0.15, 0.2) is 16.3 Å². The van der Waals surface area contributed by atoms with Gasteiger partial charge in [0, 0.05) is 23.4 Å². The molecule has 0 bridgehead atoms. The monoisotopic (exact) mass is 340 g/mol. The Hall–Kier alpha value is -2.80. The number of nitrogens with zero attached hydrogens (tertiary/aromatic N) is 2. The van der Waals surface area contributed by atoms with E-state index in [1.807, 2.05) is 44.2 Å². The molecule has 1 amide bonds. The first-order chi connectivity index (χ1) is 11.5. The number of oxazole rings is 1. The van der Waals surface area contributed by atoms with E-state index in [-0.39, 0.29) is 16.9 Å². The van der Waals surface area contributed by atoms with Crippen LogP contribution >= 0.6 is 12.2 Å². The molecule has 0 aliphatic heterocycles. The Morgan fingerprint density at radius 1 is 1.21 bits per heavy atom. The molecule has 3 rings (SSSR count). The minimum atomic E-state index is -0.125. The maximum Gasteiger partial charge on any atom is 0.228 e. The molecule has 2 N–H and O–H groups in total. The highest BCUT2D eigenvalue weighted by Gasteiger charge is 2.10. The fourth-order valence-corrected chi connectivity index (χ4v) is 2.23. The van der Waals surface area contributed by atoms with E-state index in [0.29, 0.717) is 17.1 Å². The highest BCUT2D eigenvalue weighted by atomic mass is 32.1. The normalized spacial score (nSPS) is 10.8. The molecule has 0 unspecified atom stereocenters. The standard InChI is InChI=1S/C17H16N4O2S/c1-10(2)15(22)21-17(24)19-12-7-5-11(6-8-12)16-20-14-13(23-16)4-3-9-18-14/h3-10H,1-2H3,(H2,19,21,22,24). The summed E-state index contributed by atoms with van der Waals surface area (Å²) in [6.45, 7) is 3.61. The lowest BCUT2D eigenvalue weighted by molar-refractivity contribution is -0.122. The Kier molecular flexibility index (Phi) is 4.52. The second kappa shape index (κ2) is 6.76. The Balaban J connectivity index is 1.71. The Labute approximate surface area is 144 Å². The Morgan fingerprint density at radius 3 is 2.62 bits per heavy atom. The summed E-state index contributed by atoms with van der Waals surface area (Å²) in [5.41, 5.74) is 2.82. The van der Waals surface area contributed by atoms with Crippen LogP contribution in [-0.4, -0.2) is 21.0 Å². The number of fused-ring (bicyclic) bond motifs is 1. The maximum absolute atomic E-state index is 11.6. The summed E-state index contributed by atoms with van der Waals surface area (Å²) in [6.07, 6.45) is 1.67. The van der Waals surface area contributed by atoms with E-state index in [4.69, 9.17) is 16.6 Å². The highest BCUT2D eigenvalue weighted by molar-refractivity contribution is 7.80. The molecule has 0 radical (unpaired) electrons. The molecule has 2 heterocycles. The number of thiocarbonyl (C=S) groups is 1. The number of aromatic nitrogens is 2. The largest absolute Gasteiger partial charge is 0.434 e. The van der Waals surface area contributed by atoms with Gasteiger partial charge in [-0.3, -0.25) is 4.79 Å². The van der Waals surface area contributed by atoms with Crippen LogP contribution in [0.1, 0.15) is 13.8 Å². The van der Waals surface area contributed by atoms with Gasteiger partial charge < -0.3 is 15.1 Å². The number of pyridine rings is 1. The fraction of sp³-hybridized carbons (Fsp3) is 0.176. The summed E-state index contributed by atoms with van der Waals surface area (Å²) in [4.78, 5) is 20.1. The third-order valence-electron chi connectivity index (χ3n) is 3.32. The molecule has 122 valence electrons. The summed E-state index contributed by atoms with van der Waals surface area (Å²) in [7, 11) is 0. The minimum absolute atomic E-state index is 0.122. The highest BCUT2D eigenvalue weighted by Crippen LogP contribution is 2.24. The van der Waals surface area contributed by atoms with Crippen LogP contribution in [0.15, 0.2) is 47.0 Å². The lowest BCUT2D eigenvalue weighted by atomic mass is 10.2.